The number of aromatic nitrogens is 2. The number of aryl methyl sites for hydroxylation is 1. The van der Waals surface area contributed by atoms with Gasteiger partial charge in [-0.25, -0.2) is 4.98 Å². The third kappa shape index (κ3) is 3.01. The molecule has 6 nitrogen and oxygen atoms in total. The minimum atomic E-state index is 0.113. The second-order valence-electron chi connectivity index (χ2n) is 6.47. The fraction of sp³-hybridized carbons (Fsp3) is 0.316. The highest BCUT2D eigenvalue weighted by atomic mass is 35.5. The normalized spacial score (nSPS) is 14.9. The van der Waals surface area contributed by atoms with Crippen molar-refractivity contribution in [1.82, 2.24) is 15.0 Å². The van der Waals surface area contributed by atoms with Gasteiger partial charge in [-0.3, -0.25) is 4.79 Å². The third-order valence-corrected chi connectivity index (χ3v) is 5.03. The van der Waals surface area contributed by atoms with Crippen LogP contribution in [-0.4, -0.2) is 47.1 Å². The van der Waals surface area contributed by atoms with Crippen LogP contribution in [0, 0.1) is 6.92 Å². The van der Waals surface area contributed by atoms with Gasteiger partial charge in [-0.1, -0.05) is 28.9 Å². The molecule has 0 spiro atoms. The second-order valence-corrected chi connectivity index (χ2v) is 6.91. The first kappa shape index (κ1) is 16.8. The highest BCUT2D eigenvalue weighted by Gasteiger charge is 2.23. The first-order chi connectivity index (χ1) is 12.5. The number of fused-ring (bicyclic) bond motifs is 1. The Bertz CT molecular complexity index is 960. The van der Waals surface area contributed by atoms with Crippen molar-refractivity contribution < 1.29 is 9.32 Å². The number of rotatable bonds is 2. The van der Waals surface area contributed by atoms with Gasteiger partial charge in [0, 0.05) is 43.7 Å². The molecule has 0 aliphatic carbocycles. The Morgan fingerprint density at radius 2 is 1.85 bits per heavy atom. The Morgan fingerprint density at radius 3 is 2.50 bits per heavy atom. The monoisotopic (exact) mass is 370 g/mol. The average Bonchev–Trinajstić information content (AvgIpc) is 3.03. The molecule has 3 heterocycles. The largest absolute Gasteiger partial charge is 0.365 e. The van der Waals surface area contributed by atoms with E-state index in [1.165, 1.54) is 0 Å². The van der Waals surface area contributed by atoms with Crippen LogP contribution < -0.4 is 4.90 Å². The maximum absolute atomic E-state index is 11.6. The number of pyridine rings is 1. The summed E-state index contributed by atoms with van der Waals surface area (Å²) in [4.78, 5) is 20.4. The molecule has 0 radical (unpaired) electrons. The number of carbonyl (C=O) groups is 1. The predicted molar refractivity (Wildman–Crippen MR) is 101 cm³/mol. The molecule has 1 aromatic carbocycles. The molecule has 0 atom stereocenters. The number of carbonyl (C=O) groups excluding carboxylic acids is 1. The highest BCUT2D eigenvalue weighted by molar-refractivity contribution is 6.30. The highest BCUT2D eigenvalue weighted by Crippen LogP contribution is 2.33. The minimum Gasteiger partial charge on any atom is -0.365 e. The van der Waals surface area contributed by atoms with E-state index in [0.717, 1.165) is 41.2 Å². The molecule has 0 N–H and O–H groups in total. The smallest absolute Gasteiger partial charge is 0.219 e. The lowest BCUT2D eigenvalue weighted by Crippen LogP contribution is -2.48. The van der Waals surface area contributed by atoms with Crippen LogP contribution >= 0.6 is 11.6 Å². The van der Waals surface area contributed by atoms with Crippen molar-refractivity contribution in [3.63, 3.8) is 0 Å². The van der Waals surface area contributed by atoms with Crippen molar-refractivity contribution in [3.8, 4) is 11.3 Å². The van der Waals surface area contributed by atoms with E-state index < -0.39 is 0 Å². The Morgan fingerprint density at radius 1 is 1.15 bits per heavy atom. The Balaban J connectivity index is 1.76. The maximum atomic E-state index is 11.6. The maximum Gasteiger partial charge on any atom is 0.219 e. The van der Waals surface area contributed by atoms with Crippen LogP contribution in [0.2, 0.25) is 5.02 Å². The molecule has 3 aromatic rings. The van der Waals surface area contributed by atoms with E-state index in [1.54, 1.807) is 6.92 Å². The molecular weight excluding hydrogens is 352 g/mol. The molecule has 0 saturated carbocycles. The first-order valence-electron chi connectivity index (χ1n) is 8.56. The predicted octanol–water partition coefficient (Wildman–Crippen LogP) is 3.52. The number of anilines is 1. The van der Waals surface area contributed by atoms with Gasteiger partial charge in [0.15, 0.2) is 0 Å². The van der Waals surface area contributed by atoms with Gasteiger partial charge in [-0.15, -0.1) is 0 Å². The van der Waals surface area contributed by atoms with Gasteiger partial charge in [-0.05, 0) is 25.1 Å². The van der Waals surface area contributed by atoms with Gasteiger partial charge in [0.05, 0.1) is 11.4 Å². The van der Waals surface area contributed by atoms with Gasteiger partial charge in [0.2, 0.25) is 11.5 Å². The number of piperazine rings is 1. The number of nitrogens with zero attached hydrogens (tertiary/aromatic N) is 4. The quantitative estimate of drug-likeness (QED) is 0.690. The fourth-order valence-electron chi connectivity index (χ4n) is 3.28. The Labute approximate surface area is 156 Å². The average molecular weight is 371 g/mol. The Hall–Kier alpha value is -2.60. The summed E-state index contributed by atoms with van der Waals surface area (Å²) in [5.41, 5.74) is 5.02. The van der Waals surface area contributed by atoms with E-state index in [9.17, 15) is 4.79 Å². The number of hydrogen-bond acceptors (Lipinski definition) is 5. The van der Waals surface area contributed by atoms with Crippen molar-refractivity contribution in [2.75, 3.05) is 31.1 Å². The number of halogens is 1. The zero-order valence-electron chi connectivity index (χ0n) is 14.7. The lowest BCUT2D eigenvalue weighted by Gasteiger charge is -2.35. The summed E-state index contributed by atoms with van der Waals surface area (Å²) in [5.74, 6) is 0.113. The van der Waals surface area contributed by atoms with Crippen molar-refractivity contribution in [2.24, 2.45) is 0 Å². The van der Waals surface area contributed by atoms with Crippen LogP contribution in [0.3, 0.4) is 0 Å². The molecule has 1 fully saturated rings. The summed E-state index contributed by atoms with van der Waals surface area (Å²) in [7, 11) is 0. The molecule has 1 aliphatic rings. The number of hydrogen-bond donors (Lipinski definition) is 0. The summed E-state index contributed by atoms with van der Waals surface area (Å²) in [6, 6.07) is 9.65. The van der Waals surface area contributed by atoms with E-state index in [-0.39, 0.29) is 5.91 Å². The minimum absolute atomic E-state index is 0.113. The van der Waals surface area contributed by atoms with E-state index >= 15 is 0 Å². The standard InChI is InChI=1S/C19H19ClN4O2/c1-12-18-19(26-22-12)17(24-9-7-23(8-10-24)13(2)25)11-16(21-18)14-3-5-15(20)6-4-14/h3-6,11H,7-10H2,1-2H3. The van der Waals surface area contributed by atoms with Crippen LogP contribution in [0.25, 0.3) is 22.4 Å². The van der Waals surface area contributed by atoms with E-state index in [1.807, 2.05) is 42.2 Å². The van der Waals surface area contributed by atoms with Gasteiger partial charge in [-0.2, -0.15) is 0 Å². The third-order valence-electron chi connectivity index (χ3n) is 4.78. The molecule has 1 saturated heterocycles. The molecular formula is C19H19ClN4O2. The second kappa shape index (κ2) is 6.61. The lowest BCUT2D eigenvalue weighted by atomic mass is 10.1. The van der Waals surface area contributed by atoms with Crippen LogP contribution in [0.4, 0.5) is 5.69 Å². The van der Waals surface area contributed by atoms with Crippen molar-refractivity contribution in [1.29, 1.82) is 0 Å². The zero-order chi connectivity index (χ0) is 18.3. The lowest BCUT2D eigenvalue weighted by molar-refractivity contribution is -0.129. The van der Waals surface area contributed by atoms with Crippen molar-refractivity contribution in [3.05, 3.63) is 41.0 Å². The van der Waals surface area contributed by atoms with Crippen molar-refractivity contribution >= 4 is 34.3 Å². The molecule has 0 unspecified atom stereocenters. The first-order valence-corrected chi connectivity index (χ1v) is 8.94. The topological polar surface area (TPSA) is 62.5 Å². The van der Waals surface area contributed by atoms with Crippen LogP contribution in [-0.2, 0) is 4.79 Å². The summed E-state index contributed by atoms with van der Waals surface area (Å²) in [6.45, 7) is 6.39. The SMILES string of the molecule is CC(=O)N1CCN(c2cc(-c3ccc(Cl)cc3)nc3c(C)noc23)CC1. The Kier molecular flexibility index (Phi) is 4.28. The molecule has 1 aliphatic heterocycles. The fourth-order valence-corrected chi connectivity index (χ4v) is 3.40. The van der Waals surface area contributed by atoms with Gasteiger partial charge in [0.1, 0.15) is 11.2 Å². The van der Waals surface area contributed by atoms with E-state index in [0.29, 0.717) is 23.7 Å². The van der Waals surface area contributed by atoms with Crippen LogP contribution in [0.1, 0.15) is 12.6 Å². The molecule has 2 aromatic heterocycles. The number of amides is 1. The van der Waals surface area contributed by atoms with Gasteiger partial charge in [0.25, 0.3) is 0 Å². The van der Waals surface area contributed by atoms with Crippen molar-refractivity contribution in [2.45, 2.75) is 13.8 Å². The molecule has 1 amide bonds. The van der Waals surface area contributed by atoms with E-state index in [4.69, 9.17) is 21.1 Å². The van der Waals surface area contributed by atoms with Crippen LogP contribution in [0.5, 0.6) is 0 Å². The summed E-state index contributed by atoms with van der Waals surface area (Å²) in [6.07, 6.45) is 0. The molecule has 4 rings (SSSR count). The zero-order valence-corrected chi connectivity index (χ0v) is 15.5. The molecule has 26 heavy (non-hydrogen) atoms. The number of benzene rings is 1. The molecule has 134 valence electrons. The van der Waals surface area contributed by atoms with E-state index in [2.05, 4.69) is 10.1 Å². The summed E-state index contributed by atoms with van der Waals surface area (Å²) < 4.78 is 5.56. The molecule has 0 bridgehead atoms. The van der Waals surface area contributed by atoms with Gasteiger partial charge >= 0.3 is 0 Å². The summed E-state index contributed by atoms with van der Waals surface area (Å²) in [5, 5.41) is 4.78. The van der Waals surface area contributed by atoms with Gasteiger partial charge < -0.3 is 14.3 Å². The summed E-state index contributed by atoms with van der Waals surface area (Å²) >= 11 is 6.01. The van der Waals surface area contributed by atoms with Crippen LogP contribution in [0.15, 0.2) is 34.9 Å². The molecule has 7 heteroatoms.